The standard InChI is InChI=1S/C17H19ClN2/c1-17(2,3)12-8-10-13(11-9-12)20-16(19)14-6-4-5-7-15(14)18/h4-11H,1-3H3,(H2,19,20). The number of halogens is 1. The molecule has 3 heteroatoms. The zero-order valence-electron chi connectivity index (χ0n) is 12.0. The minimum absolute atomic E-state index is 0.134. The molecule has 2 aromatic carbocycles. The van der Waals surface area contributed by atoms with Gasteiger partial charge in [0.25, 0.3) is 0 Å². The SMILES string of the molecule is CC(C)(C)c1ccc(NC(=N)c2ccccc2Cl)cc1. The van der Waals surface area contributed by atoms with Crippen LogP contribution in [0.25, 0.3) is 0 Å². The minimum atomic E-state index is 0.134. The Morgan fingerprint density at radius 3 is 2.15 bits per heavy atom. The average Bonchev–Trinajstić information content (AvgIpc) is 2.38. The lowest BCUT2D eigenvalue weighted by Crippen LogP contribution is -2.14. The van der Waals surface area contributed by atoms with Gasteiger partial charge in [-0.2, -0.15) is 0 Å². The predicted molar refractivity (Wildman–Crippen MR) is 87.0 cm³/mol. The van der Waals surface area contributed by atoms with Gasteiger partial charge in [-0.3, -0.25) is 5.41 Å². The van der Waals surface area contributed by atoms with Gasteiger partial charge >= 0.3 is 0 Å². The second-order valence-corrected chi connectivity index (χ2v) is 6.21. The largest absolute Gasteiger partial charge is 0.340 e. The second kappa shape index (κ2) is 5.68. The van der Waals surface area contributed by atoms with Gasteiger partial charge in [-0.05, 0) is 35.2 Å². The molecule has 2 nitrogen and oxygen atoms in total. The van der Waals surface area contributed by atoms with Crippen molar-refractivity contribution in [3.05, 3.63) is 64.7 Å². The van der Waals surface area contributed by atoms with E-state index in [0.29, 0.717) is 16.4 Å². The number of hydrogen-bond acceptors (Lipinski definition) is 1. The lowest BCUT2D eigenvalue weighted by Gasteiger charge is -2.19. The van der Waals surface area contributed by atoms with Crippen LogP contribution in [0.5, 0.6) is 0 Å². The van der Waals surface area contributed by atoms with E-state index in [-0.39, 0.29) is 5.41 Å². The van der Waals surface area contributed by atoms with Crippen molar-refractivity contribution in [2.45, 2.75) is 26.2 Å². The molecule has 0 saturated carbocycles. The highest BCUT2D eigenvalue weighted by atomic mass is 35.5. The van der Waals surface area contributed by atoms with Crippen molar-refractivity contribution in [2.24, 2.45) is 0 Å². The summed E-state index contributed by atoms with van der Waals surface area (Å²) in [6, 6.07) is 15.5. The van der Waals surface area contributed by atoms with Gasteiger partial charge in [-0.1, -0.05) is 56.6 Å². The van der Waals surface area contributed by atoms with Crippen LogP contribution in [0.2, 0.25) is 5.02 Å². The van der Waals surface area contributed by atoms with Gasteiger partial charge in [-0.25, -0.2) is 0 Å². The Hall–Kier alpha value is -1.80. The summed E-state index contributed by atoms with van der Waals surface area (Å²) in [5.41, 5.74) is 3.00. The van der Waals surface area contributed by atoms with Crippen molar-refractivity contribution >= 4 is 23.1 Å². The van der Waals surface area contributed by atoms with Crippen molar-refractivity contribution in [1.82, 2.24) is 0 Å². The van der Waals surface area contributed by atoms with Gasteiger partial charge in [0.05, 0.1) is 5.02 Å². The van der Waals surface area contributed by atoms with Gasteiger partial charge in [-0.15, -0.1) is 0 Å². The number of hydrogen-bond donors (Lipinski definition) is 2. The Kier molecular flexibility index (Phi) is 4.15. The molecule has 20 heavy (non-hydrogen) atoms. The first-order chi connectivity index (χ1) is 9.38. The fourth-order valence-corrected chi connectivity index (χ4v) is 2.16. The van der Waals surface area contributed by atoms with Gasteiger partial charge in [0.1, 0.15) is 5.84 Å². The van der Waals surface area contributed by atoms with Crippen LogP contribution in [0, 0.1) is 5.41 Å². The zero-order chi connectivity index (χ0) is 14.8. The molecule has 2 N–H and O–H groups in total. The maximum absolute atomic E-state index is 8.09. The van der Waals surface area contributed by atoms with Gasteiger partial charge in [0.15, 0.2) is 0 Å². The number of anilines is 1. The maximum atomic E-state index is 8.09. The normalized spacial score (nSPS) is 11.2. The van der Waals surface area contributed by atoms with E-state index in [9.17, 15) is 0 Å². The van der Waals surface area contributed by atoms with Crippen molar-refractivity contribution in [1.29, 1.82) is 5.41 Å². The van der Waals surface area contributed by atoms with E-state index < -0.39 is 0 Å². The third kappa shape index (κ3) is 3.40. The molecule has 0 saturated heterocycles. The molecule has 2 aromatic rings. The smallest absolute Gasteiger partial charge is 0.131 e. The minimum Gasteiger partial charge on any atom is -0.340 e. The van der Waals surface area contributed by atoms with E-state index in [1.165, 1.54) is 5.56 Å². The molecular weight excluding hydrogens is 268 g/mol. The summed E-state index contributed by atoms with van der Waals surface area (Å²) in [5.74, 6) is 0.305. The molecule has 0 heterocycles. The van der Waals surface area contributed by atoms with E-state index in [1.54, 1.807) is 6.07 Å². The summed E-state index contributed by atoms with van der Waals surface area (Å²) in [4.78, 5) is 0. The van der Waals surface area contributed by atoms with E-state index in [1.807, 2.05) is 30.3 Å². The molecule has 2 rings (SSSR count). The molecule has 0 amide bonds. The summed E-state index contributed by atoms with van der Waals surface area (Å²) in [6.07, 6.45) is 0. The van der Waals surface area contributed by atoms with E-state index >= 15 is 0 Å². The topological polar surface area (TPSA) is 35.9 Å². The molecule has 104 valence electrons. The highest BCUT2D eigenvalue weighted by molar-refractivity contribution is 6.34. The Morgan fingerprint density at radius 2 is 1.60 bits per heavy atom. The highest BCUT2D eigenvalue weighted by Gasteiger charge is 2.13. The first kappa shape index (κ1) is 14.6. The summed E-state index contributed by atoms with van der Waals surface area (Å²) in [6.45, 7) is 6.55. The van der Waals surface area contributed by atoms with Crippen molar-refractivity contribution in [3.8, 4) is 0 Å². The molecule has 0 spiro atoms. The Labute approximate surface area is 125 Å². The van der Waals surface area contributed by atoms with Gasteiger partial charge in [0.2, 0.25) is 0 Å². The Balaban J connectivity index is 2.15. The molecule has 0 bridgehead atoms. The first-order valence-electron chi connectivity index (χ1n) is 6.59. The predicted octanol–water partition coefficient (Wildman–Crippen LogP) is 5.07. The number of rotatable bonds is 2. The maximum Gasteiger partial charge on any atom is 0.131 e. The van der Waals surface area contributed by atoms with Crippen LogP contribution in [0.3, 0.4) is 0 Å². The van der Waals surface area contributed by atoms with Crippen molar-refractivity contribution in [2.75, 3.05) is 5.32 Å². The third-order valence-electron chi connectivity index (χ3n) is 3.16. The van der Waals surface area contributed by atoms with E-state index in [0.717, 1.165) is 5.69 Å². The van der Waals surface area contributed by atoms with Gasteiger partial charge < -0.3 is 5.32 Å². The highest BCUT2D eigenvalue weighted by Crippen LogP contribution is 2.24. The Morgan fingerprint density at radius 1 is 1.00 bits per heavy atom. The summed E-state index contributed by atoms with van der Waals surface area (Å²) >= 11 is 6.09. The summed E-state index contributed by atoms with van der Waals surface area (Å²) in [5, 5.41) is 11.7. The van der Waals surface area contributed by atoms with Crippen LogP contribution in [0.4, 0.5) is 5.69 Å². The molecular formula is C17H19ClN2. The molecule has 0 aromatic heterocycles. The van der Waals surface area contributed by atoms with Crippen LogP contribution in [0.15, 0.2) is 48.5 Å². The lowest BCUT2D eigenvalue weighted by atomic mass is 9.87. The summed E-state index contributed by atoms with van der Waals surface area (Å²) in [7, 11) is 0. The average molecular weight is 287 g/mol. The quantitative estimate of drug-likeness (QED) is 0.586. The number of benzene rings is 2. The molecule has 0 unspecified atom stereocenters. The van der Waals surface area contributed by atoms with Gasteiger partial charge in [0, 0.05) is 11.3 Å². The first-order valence-corrected chi connectivity index (χ1v) is 6.97. The van der Waals surface area contributed by atoms with Crippen LogP contribution >= 0.6 is 11.6 Å². The zero-order valence-corrected chi connectivity index (χ0v) is 12.8. The molecule has 0 aliphatic heterocycles. The number of nitrogens with one attached hydrogen (secondary N) is 2. The fraction of sp³-hybridized carbons (Fsp3) is 0.235. The van der Waals surface area contributed by atoms with Crippen molar-refractivity contribution < 1.29 is 0 Å². The molecule has 0 atom stereocenters. The summed E-state index contributed by atoms with van der Waals surface area (Å²) < 4.78 is 0. The molecule has 0 fully saturated rings. The van der Waals surface area contributed by atoms with E-state index in [4.69, 9.17) is 17.0 Å². The third-order valence-corrected chi connectivity index (χ3v) is 3.49. The molecule has 0 radical (unpaired) electrons. The van der Waals surface area contributed by atoms with Crippen LogP contribution < -0.4 is 5.32 Å². The fourth-order valence-electron chi connectivity index (χ4n) is 1.93. The Bertz CT molecular complexity index is 610. The molecule has 0 aliphatic rings. The number of amidine groups is 1. The lowest BCUT2D eigenvalue weighted by molar-refractivity contribution is 0.590. The molecule has 0 aliphatic carbocycles. The van der Waals surface area contributed by atoms with E-state index in [2.05, 4.69) is 38.2 Å². The van der Waals surface area contributed by atoms with Crippen LogP contribution in [-0.2, 0) is 5.41 Å². The second-order valence-electron chi connectivity index (χ2n) is 5.81. The van der Waals surface area contributed by atoms with Crippen molar-refractivity contribution in [3.63, 3.8) is 0 Å². The monoisotopic (exact) mass is 286 g/mol. The van der Waals surface area contributed by atoms with Crippen LogP contribution in [0.1, 0.15) is 31.9 Å². The van der Waals surface area contributed by atoms with Crippen LogP contribution in [-0.4, -0.2) is 5.84 Å².